The largest absolute Gasteiger partial charge is 0.370 e. The number of benzene rings is 1. The number of rotatable bonds is 4. The molecule has 5 heteroatoms. The minimum absolute atomic E-state index is 0.750. The summed E-state index contributed by atoms with van der Waals surface area (Å²) < 4.78 is 1.08. The Labute approximate surface area is 128 Å². The Hall–Kier alpha value is -1.62. The first-order valence-corrected chi connectivity index (χ1v) is 7.43. The van der Waals surface area contributed by atoms with Crippen LogP contribution in [0.3, 0.4) is 0 Å². The summed E-state index contributed by atoms with van der Waals surface area (Å²) in [6.07, 6.45) is 0. The second kappa shape index (κ2) is 6.22. The van der Waals surface area contributed by atoms with Crippen molar-refractivity contribution in [1.29, 1.82) is 0 Å². The van der Waals surface area contributed by atoms with Gasteiger partial charge in [-0.15, -0.1) is 0 Å². The average molecular weight is 335 g/mol. The molecule has 1 heterocycles. The van der Waals surface area contributed by atoms with Crippen LogP contribution in [0.2, 0.25) is 0 Å². The van der Waals surface area contributed by atoms with E-state index in [1.165, 1.54) is 5.56 Å². The SMILES string of the molecule is CCNc1nc(C)nc(Nc2ccc(C)c(Br)c2)c1C. The lowest BCUT2D eigenvalue weighted by molar-refractivity contribution is 1.02. The summed E-state index contributed by atoms with van der Waals surface area (Å²) in [6, 6.07) is 6.17. The molecule has 0 radical (unpaired) electrons. The number of hydrogen-bond donors (Lipinski definition) is 2. The molecule has 0 aliphatic rings. The molecule has 0 bridgehead atoms. The van der Waals surface area contributed by atoms with Crippen molar-refractivity contribution >= 4 is 33.3 Å². The van der Waals surface area contributed by atoms with Gasteiger partial charge in [-0.05, 0) is 45.4 Å². The summed E-state index contributed by atoms with van der Waals surface area (Å²) in [7, 11) is 0. The third kappa shape index (κ3) is 3.28. The van der Waals surface area contributed by atoms with E-state index in [9.17, 15) is 0 Å². The van der Waals surface area contributed by atoms with Gasteiger partial charge >= 0.3 is 0 Å². The van der Waals surface area contributed by atoms with Gasteiger partial charge in [0.2, 0.25) is 0 Å². The molecule has 0 unspecified atom stereocenters. The molecule has 0 aliphatic heterocycles. The molecule has 0 spiro atoms. The Morgan fingerprint density at radius 2 is 1.80 bits per heavy atom. The van der Waals surface area contributed by atoms with E-state index in [0.29, 0.717) is 0 Å². The maximum atomic E-state index is 4.49. The van der Waals surface area contributed by atoms with Crippen LogP contribution in [0.1, 0.15) is 23.9 Å². The van der Waals surface area contributed by atoms with Crippen molar-refractivity contribution in [2.24, 2.45) is 0 Å². The van der Waals surface area contributed by atoms with Crippen molar-refractivity contribution in [3.05, 3.63) is 39.6 Å². The zero-order valence-corrected chi connectivity index (χ0v) is 13.8. The van der Waals surface area contributed by atoms with Gasteiger partial charge in [-0.1, -0.05) is 22.0 Å². The van der Waals surface area contributed by atoms with E-state index in [2.05, 4.69) is 62.5 Å². The second-order valence-corrected chi connectivity index (χ2v) is 5.57. The molecule has 0 aliphatic carbocycles. The molecule has 2 rings (SSSR count). The van der Waals surface area contributed by atoms with Gasteiger partial charge in [-0.2, -0.15) is 0 Å². The molecule has 0 atom stereocenters. The Balaban J connectivity index is 2.35. The number of aromatic nitrogens is 2. The Bertz CT molecular complexity index is 626. The summed E-state index contributed by atoms with van der Waals surface area (Å²) in [6.45, 7) is 8.88. The van der Waals surface area contributed by atoms with E-state index in [1.54, 1.807) is 0 Å². The molecule has 0 saturated heterocycles. The number of aryl methyl sites for hydroxylation is 2. The van der Waals surface area contributed by atoms with Gasteiger partial charge in [0.1, 0.15) is 17.5 Å². The number of halogens is 1. The molecular formula is C15H19BrN4. The Kier molecular flexibility index (Phi) is 4.60. The predicted molar refractivity (Wildman–Crippen MR) is 87.8 cm³/mol. The highest BCUT2D eigenvalue weighted by atomic mass is 79.9. The zero-order chi connectivity index (χ0) is 14.7. The van der Waals surface area contributed by atoms with Gasteiger partial charge in [0.25, 0.3) is 0 Å². The highest BCUT2D eigenvalue weighted by Crippen LogP contribution is 2.26. The monoisotopic (exact) mass is 334 g/mol. The third-order valence-electron chi connectivity index (χ3n) is 3.04. The molecular weight excluding hydrogens is 316 g/mol. The molecule has 1 aromatic heterocycles. The van der Waals surface area contributed by atoms with Gasteiger partial charge in [0, 0.05) is 22.3 Å². The van der Waals surface area contributed by atoms with Crippen molar-refractivity contribution in [2.45, 2.75) is 27.7 Å². The topological polar surface area (TPSA) is 49.8 Å². The van der Waals surface area contributed by atoms with Gasteiger partial charge in [0.15, 0.2) is 0 Å². The van der Waals surface area contributed by atoms with Crippen molar-refractivity contribution in [2.75, 3.05) is 17.2 Å². The summed E-state index contributed by atoms with van der Waals surface area (Å²) in [4.78, 5) is 8.91. The number of nitrogens with zero attached hydrogens (tertiary/aromatic N) is 2. The summed E-state index contributed by atoms with van der Waals surface area (Å²) in [5, 5.41) is 6.62. The Morgan fingerprint density at radius 3 is 2.45 bits per heavy atom. The van der Waals surface area contributed by atoms with Crippen LogP contribution >= 0.6 is 15.9 Å². The fraction of sp³-hybridized carbons (Fsp3) is 0.333. The molecule has 2 N–H and O–H groups in total. The first-order valence-electron chi connectivity index (χ1n) is 6.63. The lowest BCUT2D eigenvalue weighted by atomic mass is 10.2. The molecule has 1 aromatic carbocycles. The predicted octanol–water partition coefficient (Wildman–Crippen LogP) is 4.34. The fourth-order valence-corrected chi connectivity index (χ4v) is 2.28. The lowest BCUT2D eigenvalue weighted by Crippen LogP contribution is -2.07. The van der Waals surface area contributed by atoms with Crippen LogP contribution in [0.5, 0.6) is 0 Å². The van der Waals surface area contributed by atoms with Crippen molar-refractivity contribution < 1.29 is 0 Å². The van der Waals surface area contributed by atoms with Crippen LogP contribution in [0, 0.1) is 20.8 Å². The van der Waals surface area contributed by atoms with E-state index < -0.39 is 0 Å². The molecule has 20 heavy (non-hydrogen) atoms. The number of anilines is 3. The molecule has 106 valence electrons. The standard InChI is InChI=1S/C15H19BrN4/c1-5-17-14-10(3)15(19-11(4)18-14)20-12-7-6-9(2)13(16)8-12/h6-8H,5H2,1-4H3,(H2,17,18,19,20). The van der Waals surface area contributed by atoms with Crippen LogP contribution < -0.4 is 10.6 Å². The van der Waals surface area contributed by atoms with E-state index in [-0.39, 0.29) is 0 Å². The first kappa shape index (κ1) is 14.8. The minimum atomic E-state index is 0.750. The fourth-order valence-electron chi connectivity index (χ4n) is 1.90. The summed E-state index contributed by atoms with van der Waals surface area (Å²) >= 11 is 3.55. The van der Waals surface area contributed by atoms with Gasteiger partial charge in [0.05, 0.1) is 0 Å². The van der Waals surface area contributed by atoms with Crippen LogP contribution in [0.4, 0.5) is 17.3 Å². The van der Waals surface area contributed by atoms with Gasteiger partial charge < -0.3 is 10.6 Å². The van der Waals surface area contributed by atoms with Crippen molar-refractivity contribution in [3.8, 4) is 0 Å². The average Bonchev–Trinajstić information content (AvgIpc) is 2.39. The van der Waals surface area contributed by atoms with E-state index >= 15 is 0 Å². The normalized spacial score (nSPS) is 10.4. The molecule has 0 amide bonds. The molecule has 2 aromatic rings. The molecule has 0 fully saturated rings. The van der Waals surface area contributed by atoms with Gasteiger partial charge in [-0.3, -0.25) is 0 Å². The van der Waals surface area contributed by atoms with E-state index in [0.717, 1.165) is 39.7 Å². The van der Waals surface area contributed by atoms with E-state index in [4.69, 9.17) is 0 Å². The van der Waals surface area contributed by atoms with Crippen LogP contribution in [-0.2, 0) is 0 Å². The van der Waals surface area contributed by atoms with Crippen molar-refractivity contribution in [3.63, 3.8) is 0 Å². The second-order valence-electron chi connectivity index (χ2n) is 4.71. The van der Waals surface area contributed by atoms with Crippen LogP contribution in [0.15, 0.2) is 22.7 Å². The smallest absolute Gasteiger partial charge is 0.139 e. The van der Waals surface area contributed by atoms with Crippen LogP contribution in [-0.4, -0.2) is 16.5 Å². The lowest BCUT2D eigenvalue weighted by Gasteiger charge is -2.14. The van der Waals surface area contributed by atoms with Gasteiger partial charge in [-0.25, -0.2) is 9.97 Å². The third-order valence-corrected chi connectivity index (χ3v) is 3.89. The van der Waals surface area contributed by atoms with Crippen molar-refractivity contribution in [1.82, 2.24) is 9.97 Å². The number of hydrogen-bond acceptors (Lipinski definition) is 4. The van der Waals surface area contributed by atoms with E-state index in [1.807, 2.05) is 19.9 Å². The molecule has 4 nitrogen and oxygen atoms in total. The highest BCUT2D eigenvalue weighted by Gasteiger charge is 2.09. The number of nitrogens with one attached hydrogen (secondary N) is 2. The van der Waals surface area contributed by atoms with Crippen LogP contribution in [0.25, 0.3) is 0 Å². The molecule has 0 saturated carbocycles. The first-order chi connectivity index (χ1) is 9.51. The quantitative estimate of drug-likeness (QED) is 0.873. The maximum absolute atomic E-state index is 4.49. The summed E-state index contributed by atoms with van der Waals surface area (Å²) in [5.41, 5.74) is 3.24. The maximum Gasteiger partial charge on any atom is 0.139 e. The highest BCUT2D eigenvalue weighted by molar-refractivity contribution is 9.10. The Morgan fingerprint density at radius 1 is 1.10 bits per heavy atom. The summed E-state index contributed by atoms with van der Waals surface area (Å²) in [5.74, 6) is 2.47. The minimum Gasteiger partial charge on any atom is -0.370 e. The zero-order valence-electron chi connectivity index (χ0n) is 12.2.